The standard InChI is InChI=1S/C11H11BrO3S/c1-7(5-13)10-6-16(14,15)11-3-2-8(12)4-9(10)11/h2-4,6-7,13H,5H2,1H3. The summed E-state index contributed by atoms with van der Waals surface area (Å²) in [5, 5.41) is 10.4. The lowest BCUT2D eigenvalue weighted by atomic mass is 9.96. The van der Waals surface area contributed by atoms with E-state index < -0.39 is 9.84 Å². The number of benzene rings is 1. The molecule has 3 nitrogen and oxygen atoms in total. The van der Waals surface area contributed by atoms with Gasteiger partial charge in [-0.2, -0.15) is 0 Å². The van der Waals surface area contributed by atoms with E-state index in [1.165, 1.54) is 5.41 Å². The highest BCUT2D eigenvalue weighted by Gasteiger charge is 2.29. The molecule has 0 radical (unpaired) electrons. The van der Waals surface area contributed by atoms with E-state index in [4.69, 9.17) is 5.11 Å². The third-order valence-corrected chi connectivity index (χ3v) is 4.67. The molecule has 16 heavy (non-hydrogen) atoms. The summed E-state index contributed by atoms with van der Waals surface area (Å²) < 4.78 is 24.5. The second kappa shape index (κ2) is 3.98. The van der Waals surface area contributed by atoms with E-state index in [9.17, 15) is 8.42 Å². The number of fused-ring (bicyclic) bond motifs is 1. The zero-order chi connectivity index (χ0) is 11.9. The van der Waals surface area contributed by atoms with E-state index in [1.54, 1.807) is 25.1 Å². The molecular formula is C11H11BrO3S. The summed E-state index contributed by atoms with van der Waals surface area (Å²) in [7, 11) is -3.32. The minimum Gasteiger partial charge on any atom is -0.396 e. The van der Waals surface area contributed by atoms with Gasteiger partial charge in [-0.3, -0.25) is 0 Å². The minimum absolute atomic E-state index is 0.0622. The number of aliphatic hydroxyl groups is 1. The van der Waals surface area contributed by atoms with Crippen LogP contribution in [-0.4, -0.2) is 20.1 Å². The zero-order valence-corrected chi connectivity index (χ0v) is 11.0. The number of sulfone groups is 1. The van der Waals surface area contributed by atoms with Gasteiger partial charge in [0.2, 0.25) is 9.84 Å². The largest absolute Gasteiger partial charge is 0.396 e. The molecule has 0 amide bonds. The summed E-state index contributed by atoms with van der Waals surface area (Å²) in [4.78, 5) is 0.325. The van der Waals surface area contributed by atoms with Gasteiger partial charge < -0.3 is 5.11 Å². The lowest BCUT2D eigenvalue weighted by Crippen LogP contribution is -2.02. The molecule has 1 atom stereocenters. The maximum absolute atomic E-state index is 11.8. The van der Waals surface area contributed by atoms with Crippen molar-refractivity contribution < 1.29 is 13.5 Å². The molecule has 1 aliphatic heterocycles. The van der Waals surface area contributed by atoms with Gasteiger partial charge in [0.1, 0.15) is 0 Å². The molecule has 0 aromatic heterocycles. The molecule has 0 spiro atoms. The summed E-state index contributed by atoms with van der Waals surface area (Å²) in [6.07, 6.45) is 0. The van der Waals surface area contributed by atoms with E-state index in [1.807, 2.05) is 0 Å². The van der Waals surface area contributed by atoms with Gasteiger partial charge in [0.15, 0.2) is 0 Å². The second-order valence-electron chi connectivity index (χ2n) is 3.84. The van der Waals surface area contributed by atoms with Crippen molar-refractivity contribution in [2.75, 3.05) is 6.61 Å². The maximum atomic E-state index is 11.8. The number of rotatable bonds is 2. The normalized spacial score (nSPS) is 19.1. The highest BCUT2D eigenvalue weighted by Crippen LogP contribution is 2.38. The monoisotopic (exact) mass is 302 g/mol. The van der Waals surface area contributed by atoms with Crippen molar-refractivity contribution in [1.82, 2.24) is 0 Å². The average Bonchev–Trinajstić information content (AvgIpc) is 2.49. The van der Waals surface area contributed by atoms with Gasteiger partial charge in [0.25, 0.3) is 0 Å². The molecule has 1 aliphatic rings. The SMILES string of the molecule is CC(CO)C1=CS(=O)(=O)c2ccc(Br)cc21. The highest BCUT2D eigenvalue weighted by molar-refractivity contribution is 9.10. The first-order valence-electron chi connectivity index (χ1n) is 4.83. The second-order valence-corrected chi connectivity index (χ2v) is 6.52. The van der Waals surface area contributed by atoms with Crippen LogP contribution in [0.1, 0.15) is 12.5 Å². The van der Waals surface area contributed by atoms with Gasteiger partial charge in [-0.1, -0.05) is 22.9 Å². The van der Waals surface area contributed by atoms with Crippen LogP contribution in [0.3, 0.4) is 0 Å². The predicted octanol–water partition coefficient (Wildman–Crippen LogP) is 2.21. The molecule has 1 heterocycles. The van der Waals surface area contributed by atoms with Crippen molar-refractivity contribution in [2.24, 2.45) is 5.92 Å². The van der Waals surface area contributed by atoms with E-state index >= 15 is 0 Å². The Kier molecular flexibility index (Phi) is 2.94. The van der Waals surface area contributed by atoms with E-state index in [-0.39, 0.29) is 12.5 Å². The van der Waals surface area contributed by atoms with Crippen molar-refractivity contribution in [3.05, 3.63) is 33.6 Å². The van der Waals surface area contributed by atoms with Crippen LogP contribution in [0.2, 0.25) is 0 Å². The molecule has 1 aromatic rings. The third kappa shape index (κ3) is 1.83. The van der Waals surface area contributed by atoms with Crippen LogP contribution in [0.5, 0.6) is 0 Å². The maximum Gasteiger partial charge on any atom is 0.200 e. The van der Waals surface area contributed by atoms with Gasteiger partial charge in [0, 0.05) is 22.4 Å². The van der Waals surface area contributed by atoms with Crippen molar-refractivity contribution in [2.45, 2.75) is 11.8 Å². The number of hydrogen-bond acceptors (Lipinski definition) is 3. The first-order valence-corrected chi connectivity index (χ1v) is 7.17. The van der Waals surface area contributed by atoms with Gasteiger partial charge in [-0.05, 0) is 29.3 Å². The molecule has 2 rings (SSSR count). The summed E-state index contributed by atoms with van der Waals surface area (Å²) in [5.41, 5.74) is 1.37. The lowest BCUT2D eigenvalue weighted by molar-refractivity contribution is 0.266. The predicted molar refractivity (Wildman–Crippen MR) is 65.6 cm³/mol. The molecule has 86 valence electrons. The Morgan fingerprint density at radius 3 is 2.75 bits per heavy atom. The van der Waals surface area contributed by atoms with Gasteiger partial charge in [-0.25, -0.2) is 8.42 Å². The Labute approximate surface area is 103 Å². The lowest BCUT2D eigenvalue weighted by Gasteiger charge is -2.10. The third-order valence-electron chi connectivity index (χ3n) is 2.65. The van der Waals surface area contributed by atoms with Crippen LogP contribution in [-0.2, 0) is 9.84 Å². The first-order chi connectivity index (χ1) is 7.45. The summed E-state index contributed by atoms with van der Waals surface area (Å²) in [6, 6.07) is 5.07. The summed E-state index contributed by atoms with van der Waals surface area (Å²) in [5.74, 6) is -0.176. The fourth-order valence-electron chi connectivity index (χ4n) is 1.75. The molecule has 5 heteroatoms. The van der Waals surface area contributed by atoms with Crippen LogP contribution in [0.15, 0.2) is 33.0 Å². The van der Waals surface area contributed by atoms with Crippen molar-refractivity contribution in [1.29, 1.82) is 0 Å². The Bertz CT molecular complexity index is 561. The Balaban J connectivity index is 2.66. The molecule has 1 unspecified atom stereocenters. The van der Waals surface area contributed by atoms with Crippen molar-refractivity contribution in [3.8, 4) is 0 Å². The smallest absolute Gasteiger partial charge is 0.200 e. The molecule has 0 saturated carbocycles. The van der Waals surface area contributed by atoms with E-state index in [0.717, 1.165) is 4.47 Å². The zero-order valence-electron chi connectivity index (χ0n) is 8.64. The average molecular weight is 303 g/mol. The molecule has 1 aromatic carbocycles. The first kappa shape index (κ1) is 11.8. The number of aliphatic hydroxyl groups excluding tert-OH is 1. The number of halogens is 1. The molecule has 0 fully saturated rings. The molecule has 1 N–H and O–H groups in total. The van der Waals surface area contributed by atoms with Crippen molar-refractivity contribution >= 4 is 31.3 Å². The Hall–Kier alpha value is -0.650. The minimum atomic E-state index is -3.32. The van der Waals surface area contributed by atoms with E-state index in [0.29, 0.717) is 16.0 Å². The van der Waals surface area contributed by atoms with Crippen LogP contribution >= 0.6 is 15.9 Å². The molecule has 0 bridgehead atoms. The summed E-state index contributed by atoms with van der Waals surface area (Å²) in [6.45, 7) is 1.74. The Morgan fingerprint density at radius 2 is 2.12 bits per heavy atom. The quantitative estimate of drug-likeness (QED) is 0.911. The van der Waals surface area contributed by atoms with Gasteiger partial charge >= 0.3 is 0 Å². The molecule has 0 saturated heterocycles. The molecular weight excluding hydrogens is 292 g/mol. The van der Waals surface area contributed by atoms with Gasteiger partial charge in [0.05, 0.1) is 4.90 Å². The fraction of sp³-hybridized carbons (Fsp3) is 0.273. The van der Waals surface area contributed by atoms with Crippen LogP contribution in [0.25, 0.3) is 5.57 Å². The van der Waals surface area contributed by atoms with Gasteiger partial charge in [-0.15, -0.1) is 0 Å². The number of hydrogen-bond donors (Lipinski definition) is 1. The molecule has 0 aliphatic carbocycles. The van der Waals surface area contributed by atoms with Crippen LogP contribution < -0.4 is 0 Å². The Morgan fingerprint density at radius 1 is 1.44 bits per heavy atom. The van der Waals surface area contributed by atoms with Crippen molar-refractivity contribution in [3.63, 3.8) is 0 Å². The van der Waals surface area contributed by atoms with E-state index in [2.05, 4.69) is 15.9 Å². The van der Waals surface area contributed by atoms with Crippen LogP contribution in [0, 0.1) is 5.92 Å². The highest BCUT2D eigenvalue weighted by atomic mass is 79.9. The topological polar surface area (TPSA) is 54.4 Å². The summed E-state index contributed by atoms with van der Waals surface area (Å²) >= 11 is 3.32. The van der Waals surface area contributed by atoms with Crippen LogP contribution in [0.4, 0.5) is 0 Å². The fourth-order valence-corrected chi connectivity index (χ4v) is 3.67.